The number of benzene rings is 2. The minimum absolute atomic E-state index is 0.214. The molecule has 2 heterocycles. The number of nitrogens with zero attached hydrogens (tertiary/aromatic N) is 2. The van der Waals surface area contributed by atoms with Crippen LogP contribution in [0.25, 0.3) is 0 Å². The molecule has 3 aromatic rings. The normalized spacial score (nSPS) is 18.4. The van der Waals surface area contributed by atoms with Crippen LogP contribution in [-0.4, -0.2) is 22.5 Å². The summed E-state index contributed by atoms with van der Waals surface area (Å²) in [6, 6.07) is 22.5. The van der Waals surface area contributed by atoms with Crippen LogP contribution in [0.4, 0.5) is 0 Å². The molecular formula is C23H22N2O3. The van der Waals surface area contributed by atoms with Crippen molar-refractivity contribution in [1.82, 2.24) is 4.57 Å². The first-order chi connectivity index (χ1) is 13.6. The van der Waals surface area contributed by atoms with E-state index in [-0.39, 0.29) is 6.61 Å². The van der Waals surface area contributed by atoms with Crippen molar-refractivity contribution in [2.75, 3.05) is 0 Å². The zero-order valence-electron chi connectivity index (χ0n) is 15.9. The van der Waals surface area contributed by atoms with Gasteiger partial charge < -0.3 is 14.0 Å². The molecule has 0 bridgehead atoms. The van der Waals surface area contributed by atoms with Crippen molar-refractivity contribution < 1.29 is 14.3 Å². The average Bonchev–Trinajstić information content (AvgIpc) is 3.32. The van der Waals surface area contributed by atoms with Gasteiger partial charge in [0.05, 0.1) is 5.69 Å². The molecule has 4 rings (SSSR count). The number of rotatable bonds is 5. The van der Waals surface area contributed by atoms with E-state index in [1.54, 1.807) is 0 Å². The molecule has 1 aliphatic rings. The molecule has 2 atom stereocenters. The van der Waals surface area contributed by atoms with Gasteiger partial charge in [-0.1, -0.05) is 48.5 Å². The maximum absolute atomic E-state index is 12.9. The third-order valence-electron chi connectivity index (χ3n) is 4.97. The van der Waals surface area contributed by atoms with Crippen LogP contribution < -0.4 is 0 Å². The maximum Gasteiger partial charge on any atom is 0.335 e. The topological polar surface area (TPSA) is 52.8 Å². The fraction of sp³-hybridized carbons (Fsp3) is 0.217. The number of carbonyl (C=O) groups excluding carboxylic acids is 1. The fourth-order valence-corrected chi connectivity index (χ4v) is 3.26. The van der Waals surface area contributed by atoms with Gasteiger partial charge in [-0.2, -0.15) is 0 Å². The summed E-state index contributed by atoms with van der Waals surface area (Å²) < 4.78 is 13.7. The van der Waals surface area contributed by atoms with E-state index in [4.69, 9.17) is 9.47 Å². The molecule has 28 heavy (non-hydrogen) atoms. The van der Waals surface area contributed by atoms with E-state index in [9.17, 15) is 4.79 Å². The predicted octanol–water partition coefficient (Wildman–Crippen LogP) is 3.96. The highest BCUT2D eigenvalue weighted by molar-refractivity contribution is 5.98. The van der Waals surface area contributed by atoms with Gasteiger partial charge in [0.1, 0.15) is 6.61 Å². The summed E-state index contributed by atoms with van der Waals surface area (Å²) in [5, 5.41) is 0. The molecule has 5 nitrogen and oxygen atoms in total. The number of hydrogen-bond donors (Lipinski definition) is 0. The minimum Gasteiger partial charge on any atom is -0.465 e. The maximum atomic E-state index is 12.9. The van der Waals surface area contributed by atoms with E-state index in [0.717, 1.165) is 22.5 Å². The van der Waals surface area contributed by atoms with Crippen LogP contribution in [0.2, 0.25) is 0 Å². The lowest BCUT2D eigenvalue weighted by atomic mass is 10.1. The van der Waals surface area contributed by atoms with E-state index in [1.807, 2.05) is 91.3 Å². The number of carbonyl (C=O) groups is 1. The first-order valence-electron chi connectivity index (χ1n) is 9.26. The van der Waals surface area contributed by atoms with Gasteiger partial charge >= 0.3 is 5.97 Å². The molecule has 0 N–H and O–H groups in total. The number of aryl methyl sites for hydroxylation is 1. The number of ether oxygens (including phenoxy) is 2. The molecule has 1 aliphatic heterocycles. The van der Waals surface area contributed by atoms with Gasteiger partial charge in [-0.05, 0) is 36.8 Å². The molecule has 0 saturated carbocycles. The monoisotopic (exact) mass is 374 g/mol. The Morgan fingerprint density at radius 2 is 1.71 bits per heavy atom. The Morgan fingerprint density at radius 3 is 2.36 bits per heavy atom. The number of esters is 1. The quantitative estimate of drug-likeness (QED) is 0.635. The van der Waals surface area contributed by atoms with Crippen LogP contribution in [0, 0.1) is 6.92 Å². The van der Waals surface area contributed by atoms with Gasteiger partial charge in [0.15, 0.2) is 12.1 Å². The molecule has 0 fully saturated rings. The zero-order valence-corrected chi connectivity index (χ0v) is 15.9. The second-order valence-electron chi connectivity index (χ2n) is 6.84. The second-order valence-corrected chi connectivity index (χ2v) is 6.84. The van der Waals surface area contributed by atoms with E-state index in [2.05, 4.69) is 4.99 Å². The number of hydrogen-bond acceptors (Lipinski definition) is 4. The molecule has 0 spiro atoms. The van der Waals surface area contributed by atoms with Gasteiger partial charge in [-0.15, -0.1) is 0 Å². The Balaban J connectivity index is 1.60. The first kappa shape index (κ1) is 18.0. The largest absolute Gasteiger partial charge is 0.465 e. The van der Waals surface area contributed by atoms with E-state index < -0.39 is 18.1 Å². The van der Waals surface area contributed by atoms with E-state index in [1.165, 1.54) is 0 Å². The molecule has 0 saturated heterocycles. The molecule has 2 unspecified atom stereocenters. The first-order valence-corrected chi connectivity index (χ1v) is 9.26. The standard InChI is InChI=1S/C23H22N2O3/c1-16-13-14-19(25(16)2)21-20(23(26)27-15-17-9-5-3-6-10-17)24-22(28-21)18-11-7-4-8-12-18/h3-14,20-21H,15H2,1-2H3. The van der Waals surface area contributed by atoms with Crippen LogP contribution in [0.1, 0.15) is 28.6 Å². The van der Waals surface area contributed by atoms with Gasteiger partial charge in [0, 0.05) is 18.3 Å². The summed E-state index contributed by atoms with van der Waals surface area (Å²) in [5.74, 6) is 0.0738. The molecule has 1 aromatic heterocycles. The van der Waals surface area contributed by atoms with Crippen LogP contribution in [0.3, 0.4) is 0 Å². The van der Waals surface area contributed by atoms with Crippen LogP contribution >= 0.6 is 0 Å². The van der Waals surface area contributed by atoms with E-state index in [0.29, 0.717) is 5.90 Å². The smallest absolute Gasteiger partial charge is 0.335 e. The highest BCUT2D eigenvalue weighted by Crippen LogP contribution is 2.32. The Labute approximate surface area is 164 Å². The SMILES string of the molecule is Cc1ccc(C2OC(c3ccccc3)=NC2C(=O)OCc2ccccc2)n1C. The van der Waals surface area contributed by atoms with Crippen molar-refractivity contribution in [3.8, 4) is 0 Å². The van der Waals surface area contributed by atoms with Crippen LogP contribution in [0.15, 0.2) is 77.8 Å². The summed E-state index contributed by atoms with van der Waals surface area (Å²) in [6.45, 7) is 2.23. The fourth-order valence-electron chi connectivity index (χ4n) is 3.26. The summed E-state index contributed by atoms with van der Waals surface area (Å²) in [7, 11) is 1.96. The molecule has 0 aliphatic carbocycles. The van der Waals surface area contributed by atoms with Crippen molar-refractivity contribution in [3.63, 3.8) is 0 Å². The number of aromatic nitrogens is 1. The Morgan fingerprint density at radius 1 is 1.04 bits per heavy atom. The van der Waals surface area contributed by atoms with Crippen LogP contribution in [0.5, 0.6) is 0 Å². The van der Waals surface area contributed by atoms with Gasteiger partial charge in [0.2, 0.25) is 5.90 Å². The number of aliphatic imine (C=N–C) groups is 1. The van der Waals surface area contributed by atoms with E-state index >= 15 is 0 Å². The molecule has 2 aromatic carbocycles. The minimum atomic E-state index is -0.744. The third-order valence-corrected chi connectivity index (χ3v) is 4.97. The zero-order chi connectivity index (χ0) is 19.5. The van der Waals surface area contributed by atoms with Gasteiger partial charge in [-0.25, -0.2) is 9.79 Å². The van der Waals surface area contributed by atoms with Crippen molar-refractivity contribution in [2.24, 2.45) is 12.0 Å². The predicted molar refractivity (Wildman–Crippen MR) is 107 cm³/mol. The van der Waals surface area contributed by atoms with Crippen molar-refractivity contribution in [2.45, 2.75) is 25.7 Å². The molecule has 0 amide bonds. The van der Waals surface area contributed by atoms with Crippen LogP contribution in [-0.2, 0) is 27.9 Å². The summed E-state index contributed by atoms with van der Waals surface area (Å²) in [6.07, 6.45) is -0.517. The summed E-state index contributed by atoms with van der Waals surface area (Å²) in [5.41, 5.74) is 3.77. The van der Waals surface area contributed by atoms with Crippen molar-refractivity contribution in [1.29, 1.82) is 0 Å². The molecular weight excluding hydrogens is 352 g/mol. The lowest BCUT2D eigenvalue weighted by Gasteiger charge is -2.18. The highest BCUT2D eigenvalue weighted by atomic mass is 16.5. The van der Waals surface area contributed by atoms with Crippen molar-refractivity contribution >= 4 is 11.9 Å². The Bertz CT molecular complexity index is 993. The lowest BCUT2D eigenvalue weighted by Crippen LogP contribution is -2.27. The summed E-state index contributed by atoms with van der Waals surface area (Å²) in [4.78, 5) is 17.5. The Hall–Kier alpha value is -3.34. The average molecular weight is 374 g/mol. The molecule has 5 heteroatoms. The Kier molecular flexibility index (Phi) is 4.98. The highest BCUT2D eigenvalue weighted by Gasteiger charge is 2.40. The third kappa shape index (κ3) is 3.56. The molecule has 142 valence electrons. The van der Waals surface area contributed by atoms with Gasteiger partial charge in [-0.3, -0.25) is 0 Å². The van der Waals surface area contributed by atoms with Gasteiger partial charge in [0.25, 0.3) is 0 Å². The van der Waals surface area contributed by atoms with Crippen molar-refractivity contribution in [3.05, 3.63) is 95.3 Å². The second kappa shape index (κ2) is 7.72. The lowest BCUT2D eigenvalue weighted by molar-refractivity contribution is -0.148. The summed E-state index contributed by atoms with van der Waals surface area (Å²) >= 11 is 0. The molecule has 0 radical (unpaired) electrons.